The molecule has 0 spiro atoms. The standard InChI is InChI=1S/C8H10Cl2O2/c9-7(11)5-3-1-2-4-6-8(10)12/h1-2H,3-6H2/b2-1+. The average Bonchev–Trinajstić information content (AvgIpc) is 1.95. The van der Waals surface area contributed by atoms with E-state index in [1.165, 1.54) is 0 Å². The second-order valence-corrected chi connectivity index (χ2v) is 3.10. The maximum Gasteiger partial charge on any atom is 0.221 e. The minimum absolute atomic E-state index is 0.340. The van der Waals surface area contributed by atoms with Crippen molar-refractivity contribution in [3.05, 3.63) is 12.2 Å². The summed E-state index contributed by atoms with van der Waals surface area (Å²) in [5.74, 6) is 0. The maximum atomic E-state index is 10.2. The molecule has 0 aromatic rings. The number of hydrogen-bond donors (Lipinski definition) is 0. The highest BCUT2D eigenvalue weighted by Gasteiger charge is 1.93. The normalized spacial score (nSPS) is 10.5. The average molecular weight is 209 g/mol. The Morgan fingerprint density at radius 3 is 1.50 bits per heavy atom. The fourth-order valence-corrected chi connectivity index (χ4v) is 0.848. The molecule has 0 aliphatic carbocycles. The summed E-state index contributed by atoms with van der Waals surface area (Å²) in [5.41, 5.74) is 0. The molecule has 68 valence electrons. The first-order chi connectivity index (χ1) is 5.63. The zero-order valence-corrected chi connectivity index (χ0v) is 8.07. The molecule has 0 heterocycles. The molecule has 0 aliphatic rings. The first kappa shape index (κ1) is 11.7. The van der Waals surface area contributed by atoms with E-state index in [9.17, 15) is 9.59 Å². The fraction of sp³-hybridized carbons (Fsp3) is 0.500. The van der Waals surface area contributed by atoms with Gasteiger partial charge >= 0.3 is 0 Å². The van der Waals surface area contributed by atoms with Gasteiger partial charge in [-0.3, -0.25) is 9.59 Å². The Hall–Kier alpha value is -0.340. The first-order valence-corrected chi connectivity index (χ1v) is 4.40. The molecule has 4 heteroatoms. The summed E-state index contributed by atoms with van der Waals surface area (Å²) < 4.78 is 0. The maximum absolute atomic E-state index is 10.2. The van der Waals surface area contributed by atoms with Crippen molar-refractivity contribution in [3.8, 4) is 0 Å². The Morgan fingerprint density at radius 2 is 1.25 bits per heavy atom. The van der Waals surface area contributed by atoms with E-state index in [-0.39, 0.29) is 10.5 Å². The van der Waals surface area contributed by atoms with E-state index < -0.39 is 0 Å². The number of halogens is 2. The van der Waals surface area contributed by atoms with Gasteiger partial charge in [0.25, 0.3) is 0 Å². The van der Waals surface area contributed by atoms with Crippen LogP contribution in [0.15, 0.2) is 12.2 Å². The highest BCUT2D eigenvalue weighted by molar-refractivity contribution is 6.63. The zero-order chi connectivity index (χ0) is 9.40. The minimum atomic E-state index is -0.340. The topological polar surface area (TPSA) is 34.1 Å². The smallest absolute Gasteiger partial charge is 0.221 e. The van der Waals surface area contributed by atoms with Crippen molar-refractivity contribution in [3.63, 3.8) is 0 Å². The third-order valence-corrected chi connectivity index (χ3v) is 1.56. The second-order valence-electron chi connectivity index (χ2n) is 2.26. The molecule has 12 heavy (non-hydrogen) atoms. The number of hydrogen-bond acceptors (Lipinski definition) is 2. The molecule has 0 saturated carbocycles. The van der Waals surface area contributed by atoms with Crippen LogP contribution >= 0.6 is 23.2 Å². The number of allylic oxidation sites excluding steroid dienone is 2. The largest absolute Gasteiger partial charge is 0.281 e. The van der Waals surface area contributed by atoms with Gasteiger partial charge in [0.15, 0.2) is 0 Å². The zero-order valence-electron chi connectivity index (χ0n) is 6.56. The molecular weight excluding hydrogens is 199 g/mol. The van der Waals surface area contributed by atoms with E-state index >= 15 is 0 Å². The number of rotatable bonds is 6. The quantitative estimate of drug-likeness (QED) is 0.497. The molecule has 0 unspecified atom stereocenters. The Kier molecular flexibility index (Phi) is 7.11. The predicted octanol–water partition coefficient (Wildman–Crippen LogP) is 2.63. The lowest BCUT2D eigenvalue weighted by molar-refractivity contribution is -0.112. The molecule has 0 aliphatic heterocycles. The third kappa shape index (κ3) is 9.66. The molecule has 0 N–H and O–H groups in total. The SMILES string of the molecule is O=C(Cl)CC/C=C/CCC(=O)Cl. The molecule has 0 atom stereocenters. The molecule has 0 saturated heterocycles. The monoisotopic (exact) mass is 208 g/mol. The second kappa shape index (κ2) is 7.32. The third-order valence-electron chi connectivity index (χ3n) is 1.18. The van der Waals surface area contributed by atoms with Crippen molar-refractivity contribution in [2.45, 2.75) is 25.7 Å². The van der Waals surface area contributed by atoms with Crippen LogP contribution in [0, 0.1) is 0 Å². The fourth-order valence-electron chi connectivity index (χ4n) is 0.629. The summed E-state index contributed by atoms with van der Waals surface area (Å²) >= 11 is 10.2. The van der Waals surface area contributed by atoms with E-state index in [0.29, 0.717) is 25.7 Å². The van der Waals surface area contributed by atoms with Crippen LogP contribution in [-0.4, -0.2) is 10.5 Å². The van der Waals surface area contributed by atoms with Gasteiger partial charge in [-0.1, -0.05) is 12.2 Å². The molecule has 0 radical (unpaired) electrons. The van der Waals surface area contributed by atoms with Crippen molar-refractivity contribution in [2.24, 2.45) is 0 Å². The van der Waals surface area contributed by atoms with Gasteiger partial charge in [-0.25, -0.2) is 0 Å². The molecule has 0 aromatic heterocycles. The van der Waals surface area contributed by atoms with Gasteiger partial charge in [0.2, 0.25) is 10.5 Å². The van der Waals surface area contributed by atoms with Gasteiger partial charge < -0.3 is 0 Å². The van der Waals surface area contributed by atoms with Crippen LogP contribution in [-0.2, 0) is 9.59 Å². The van der Waals surface area contributed by atoms with E-state index in [1.54, 1.807) is 0 Å². The highest BCUT2D eigenvalue weighted by Crippen LogP contribution is 1.99. The van der Waals surface area contributed by atoms with Crippen LogP contribution in [0.4, 0.5) is 0 Å². The van der Waals surface area contributed by atoms with Gasteiger partial charge in [-0.2, -0.15) is 0 Å². The highest BCUT2D eigenvalue weighted by atomic mass is 35.5. The Morgan fingerprint density at radius 1 is 0.917 bits per heavy atom. The summed E-state index contributed by atoms with van der Waals surface area (Å²) in [5, 5.41) is -0.680. The summed E-state index contributed by atoms with van der Waals surface area (Å²) in [4.78, 5) is 20.5. The van der Waals surface area contributed by atoms with Gasteiger partial charge in [-0.15, -0.1) is 0 Å². The van der Waals surface area contributed by atoms with E-state index in [0.717, 1.165) is 0 Å². The lowest BCUT2D eigenvalue weighted by Crippen LogP contribution is -1.84. The van der Waals surface area contributed by atoms with Crippen LogP contribution in [0.2, 0.25) is 0 Å². The molecular formula is C8H10Cl2O2. The lowest BCUT2D eigenvalue weighted by Gasteiger charge is -1.87. The Balaban J connectivity index is 3.26. The lowest BCUT2D eigenvalue weighted by atomic mass is 10.2. The Labute approximate surface area is 81.5 Å². The predicted molar refractivity (Wildman–Crippen MR) is 49.3 cm³/mol. The Bertz CT molecular complexity index is 167. The van der Waals surface area contributed by atoms with E-state index in [2.05, 4.69) is 0 Å². The summed E-state index contributed by atoms with van der Waals surface area (Å²) in [6, 6.07) is 0. The van der Waals surface area contributed by atoms with Gasteiger partial charge in [0.1, 0.15) is 0 Å². The molecule has 0 fully saturated rings. The molecule has 2 nitrogen and oxygen atoms in total. The van der Waals surface area contributed by atoms with Gasteiger partial charge in [-0.05, 0) is 36.0 Å². The minimum Gasteiger partial charge on any atom is -0.281 e. The van der Waals surface area contributed by atoms with Crippen molar-refractivity contribution in [2.75, 3.05) is 0 Å². The van der Waals surface area contributed by atoms with Gasteiger partial charge in [0, 0.05) is 12.8 Å². The van der Waals surface area contributed by atoms with Gasteiger partial charge in [0.05, 0.1) is 0 Å². The van der Waals surface area contributed by atoms with Crippen LogP contribution in [0.1, 0.15) is 25.7 Å². The summed E-state index contributed by atoms with van der Waals surface area (Å²) in [7, 11) is 0. The van der Waals surface area contributed by atoms with Crippen molar-refractivity contribution < 1.29 is 9.59 Å². The van der Waals surface area contributed by atoms with Crippen molar-refractivity contribution >= 4 is 33.7 Å². The van der Waals surface area contributed by atoms with E-state index in [4.69, 9.17) is 23.2 Å². The van der Waals surface area contributed by atoms with Crippen LogP contribution in [0.25, 0.3) is 0 Å². The van der Waals surface area contributed by atoms with Crippen LogP contribution in [0.3, 0.4) is 0 Å². The summed E-state index contributed by atoms with van der Waals surface area (Å²) in [6.45, 7) is 0. The van der Waals surface area contributed by atoms with Crippen LogP contribution in [0.5, 0.6) is 0 Å². The van der Waals surface area contributed by atoms with E-state index in [1.807, 2.05) is 12.2 Å². The van der Waals surface area contributed by atoms with Crippen LogP contribution < -0.4 is 0 Å². The first-order valence-electron chi connectivity index (χ1n) is 3.64. The number of carbonyl (C=O) groups is 2. The molecule has 0 bridgehead atoms. The number of carbonyl (C=O) groups excluding carboxylic acids is 2. The van der Waals surface area contributed by atoms with Crippen molar-refractivity contribution in [1.29, 1.82) is 0 Å². The molecule has 0 rings (SSSR count). The molecule has 0 aromatic carbocycles. The van der Waals surface area contributed by atoms with Crippen molar-refractivity contribution in [1.82, 2.24) is 0 Å². The summed E-state index contributed by atoms with van der Waals surface area (Å²) in [6.07, 6.45) is 5.57. The molecule has 0 amide bonds.